The molecule has 0 fully saturated rings. The quantitative estimate of drug-likeness (QED) is 0.779. The Hall–Kier alpha value is -1.84. The Morgan fingerprint density at radius 3 is 2.76 bits per heavy atom. The number of imidazole rings is 1. The number of sulfonamides is 1. The Balaban J connectivity index is 1.79. The summed E-state index contributed by atoms with van der Waals surface area (Å²) in [5, 5.41) is 0.0268. The van der Waals surface area contributed by atoms with E-state index in [2.05, 4.69) is 18.5 Å². The Morgan fingerprint density at radius 2 is 2.05 bits per heavy atom. The summed E-state index contributed by atoms with van der Waals surface area (Å²) in [5.41, 5.74) is 2.41. The number of aryl methyl sites for hydroxylation is 2. The van der Waals surface area contributed by atoms with E-state index < -0.39 is 10.0 Å². The first-order chi connectivity index (χ1) is 9.95. The monoisotopic (exact) mass is 323 g/mol. The second-order valence-electron chi connectivity index (χ2n) is 4.65. The lowest BCUT2D eigenvalue weighted by Gasteiger charge is -2.04. The van der Waals surface area contributed by atoms with Crippen molar-refractivity contribution < 1.29 is 8.42 Å². The first-order valence-electron chi connectivity index (χ1n) is 6.16. The minimum atomic E-state index is -3.62. The summed E-state index contributed by atoms with van der Waals surface area (Å²) in [7, 11) is -1.86. The Kier molecular flexibility index (Phi) is 3.47. The van der Waals surface area contributed by atoms with Crippen molar-refractivity contribution in [3.05, 3.63) is 35.8 Å². The third-order valence-electron chi connectivity index (χ3n) is 3.15. The van der Waals surface area contributed by atoms with Crippen molar-refractivity contribution in [2.45, 2.75) is 18.5 Å². The van der Waals surface area contributed by atoms with Crippen LogP contribution in [0.5, 0.6) is 0 Å². The average molecular weight is 323 g/mol. The van der Waals surface area contributed by atoms with Gasteiger partial charge < -0.3 is 4.57 Å². The molecule has 0 amide bonds. The standard InChI is InChI=1S/C12H13N5O2S2/c1-8-14-12(7-17(8)2)21(18,19)13-6-9-3-4-10-11(5-9)16-20-15-10/h3-5,7,13H,6H2,1-2H3. The lowest BCUT2D eigenvalue weighted by molar-refractivity contribution is 0.578. The molecule has 0 unspecified atom stereocenters. The van der Waals surface area contributed by atoms with Gasteiger partial charge in [-0.2, -0.15) is 8.75 Å². The molecule has 1 aromatic carbocycles. The molecule has 0 aliphatic rings. The van der Waals surface area contributed by atoms with Gasteiger partial charge in [-0.3, -0.25) is 0 Å². The van der Waals surface area contributed by atoms with Gasteiger partial charge in [0.15, 0.2) is 5.03 Å². The first-order valence-corrected chi connectivity index (χ1v) is 8.38. The van der Waals surface area contributed by atoms with Crippen LogP contribution in [-0.2, 0) is 23.6 Å². The topological polar surface area (TPSA) is 89.8 Å². The van der Waals surface area contributed by atoms with Crippen LogP contribution < -0.4 is 4.72 Å². The van der Waals surface area contributed by atoms with Crippen LogP contribution in [0, 0.1) is 6.92 Å². The highest BCUT2D eigenvalue weighted by atomic mass is 32.2. The molecule has 7 nitrogen and oxygen atoms in total. The molecule has 0 spiro atoms. The van der Waals surface area contributed by atoms with E-state index in [0.717, 1.165) is 28.3 Å². The van der Waals surface area contributed by atoms with Crippen molar-refractivity contribution in [1.29, 1.82) is 0 Å². The molecule has 2 heterocycles. The van der Waals surface area contributed by atoms with Crippen molar-refractivity contribution in [2.24, 2.45) is 7.05 Å². The summed E-state index contributed by atoms with van der Waals surface area (Å²) in [6, 6.07) is 5.48. The van der Waals surface area contributed by atoms with Gasteiger partial charge in [-0.1, -0.05) is 6.07 Å². The van der Waals surface area contributed by atoms with Crippen LogP contribution in [0.1, 0.15) is 11.4 Å². The van der Waals surface area contributed by atoms with Crippen molar-refractivity contribution in [3.63, 3.8) is 0 Å². The minimum absolute atomic E-state index is 0.0268. The molecule has 1 N–H and O–H groups in total. The molecule has 0 saturated carbocycles. The Bertz CT molecular complexity index is 878. The molecule has 21 heavy (non-hydrogen) atoms. The van der Waals surface area contributed by atoms with Gasteiger partial charge in [0.2, 0.25) is 0 Å². The summed E-state index contributed by atoms with van der Waals surface area (Å²) >= 11 is 1.14. The Morgan fingerprint density at radius 1 is 1.29 bits per heavy atom. The molecule has 3 aromatic rings. The number of hydrogen-bond donors (Lipinski definition) is 1. The first kappa shape index (κ1) is 14.1. The number of hydrogen-bond acceptors (Lipinski definition) is 6. The molecule has 0 atom stereocenters. The predicted octanol–water partition coefficient (Wildman–Crippen LogP) is 1.21. The third-order valence-corrected chi connectivity index (χ3v) is 4.97. The zero-order valence-corrected chi connectivity index (χ0v) is 13.1. The highest BCUT2D eigenvalue weighted by Crippen LogP contribution is 2.14. The van der Waals surface area contributed by atoms with Crippen LogP contribution in [-0.4, -0.2) is 26.7 Å². The van der Waals surface area contributed by atoms with Gasteiger partial charge in [0, 0.05) is 19.8 Å². The molecule has 0 radical (unpaired) electrons. The molecular weight excluding hydrogens is 310 g/mol. The molecule has 0 aliphatic heterocycles. The van der Waals surface area contributed by atoms with Crippen molar-refractivity contribution in [3.8, 4) is 0 Å². The number of fused-ring (bicyclic) bond motifs is 1. The fourth-order valence-corrected chi connectivity index (χ4v) is 3.42. The fraction of sp³-hybridized carbons (Fsp3) is 0.250. The van der Waals surface area contributed by atoms with E-state index in [4.69, 9.17) is 0 Å². The van der Waals surface area contributed by atoms with Crippen LogP contribution in [0.4, 0.5) is 0 Å². The maximum Gasteiger partial charge on any atom is 0.259 e. The molecular formula is C12H13N5O2S2. The lowest BCUT2D eigenvalue weighted by atomic mass is 10.2. The summed E-state index contributed by atoms with van der Waals surface area (Å²) in [4.78, 5) is 4.03. The summed E-state index contributed by atoms with van der Waals surface area (Å²) in [6.45, 7) is 1.94. The Labute approximate surface area is 126 Å². The van der Waals surface area contributed by atoms with E-state index in [-0.39, 0.29) is 11.6 Å². The van der Waals surface area contributed by atoms with Crippen LogP contribution in [0.2, 0.25) is 0 Å². The molecule has 0 bridgehead atoms. The predicted molar refractivity (Wildman–Crippen MR) is 79.4 cm³/mol. The van der Waals surface area contributed by atoms with Crippen LogP contribution in [0.15, 0.2) is 29.4 Å². The second-order valence-corrected chi connectivity index (χ2v) is 6.89. The van der Waals surface area contributed by atoms with E-state index in [1.165, 1.54) is 6.20 Å². The molecule has 9 heteroatoms. The number of aromatic nitrogens is 4. The zero-order valence-electron chi connectivity index (χ0n) is 11.4. The van der Waals surface area contributed by atoms with Crippen molar-refractivity contribution in [1.82, 2.24) is 23.0 Å². The van der Waals surface area contributed by atoms with Gasteiger partial charge in [0.05, 0.1) is 11.7 Å². The maximum absolute atomic E-state index is 12.2. The highest BCUT2D eigenvalue weighted by molar-refractivity contribution is 7.89. The normalized spacial score (nSPS) is 12.1. The van der Waals surface area contributed by atoms with Gasteiger partial charge >= 0.3 is 0 Å². The van der Waals surface area contributed by atoms with Crippen LogP contribution >= 0.6 is 11.7 Å². The molecule has 110 valence electrons. The smallest absolute Gasteiger partial charge is 0.259 e. The van der Waals surface area contributed by atoms with E-state index in [9.17, 15) is 8.42 Å². The fourth-order valence-electron chi connectivity index (χ4n) is 1.85. The van der Waals surface area contributed by atoms with Crippen molar-refractivity contribution in [2.75, 3.05) is 0 Å². The van der Waals surface area contributed by atoms with E-state index in [1.54, 1.807) is 18.5 Å². The third kappa shape index (κ3) is 2.80. The van der Waals surface area contributed by atoms with Gasteiger partial charge in [-0.05, 0) is 24.6 Å². The summed E-state index contributed by atoms with van der Waals surface area (Å²) in [5.74, 6) is 0.644. The summed E-state index contributed by atoms with van der Waals surface area (Å²) < 4.78 is 36.8. The van der Waals surface area contributed by atoms with E-state index >= 15 is 0 Å². The van der Waals surface area contributed by atoms with Gasteiger partial charge in [0.25, 0.3) is 10.0 Å². The SMILES string of the molecule is Cc1nc(S(=O)(=O)NCc2ccc3nsnc3c2)cn1C. The van der Waals surface area contributed by atoms with Crippen LogP contribution in [0.25, 0.3) is 11.0 Å². The largest absolute Gasteiger partial charge is 0.337 e. The molecule has 2 aromatic heterocycles. The maximum atomic E-state index is 12.2. The molecule has 0 saturated heterocycles. The number of benzene rings is 1. The average Bonchev–Trinajstić information content (AvgIpc) is 3.04. The zero-order chi connectivity index (χ0) is 15.0. The highest BCUT2D eigenvalue weighted by Gasteiger charge is 2.18. The number of nitrogens with one attached hydrogen (secondary N) is 1. The second kappa shape index (κ2) is 5.17. The van der Waals surface area contributed by atoms with Crippen molar-refractivity contribution >= 4 is 32.8 Å². The summed E-state index contributed by atoms with van der Waals surface area (Å²) in [6.07, 6.45) is 1.49. The number of rotatable bonds is 4. The van der Waals surface area contributed by atoms with E-state index in [1.807, 2.05) is 18.2 Å². The van der Waals surface area contributed by atoms with Gasteiger partial charge in [-0.15, -0.1) is 0 Å². The van der Waals surface area contributed by atoms with E-state index in [0.29, 0.717) is 5.82 Å². The van der Waals surface area contributed by atoms with Gasteiger partial charge in [0.1, 0.15) is 16.9 Å². The number of nitrogens with zero attached hydrogens (tertiary/aromatic N) is 4. The lowest BCUT2D eigenvalue weighted by Crippen LogP contribution is -2.23. The molecule has 3 rings (SSSR count). The van der Waals surface area contributed by atoms with Gasteiger partial charge in [-0.25, -0.2) is 18.1 Å². The molecule has 0 aliphatic carbocycles. The van der Waals surface area contributed by atoms with Crippen LogP contribution in [0.3, 0.4) is 0 Å². The minimum Gasteiger partial charge on any atom is -0.337 e.